The molecule has 2 heterocycles. The van der Waals surface area contributed by atoms with E-state index in [0.29, 0.717) is 25.4 Å². The zero-order valence-corrected chi connectivity index (χ0v) is 15.1. The average Bonchev–Trinajstić information content (AvgIpc) is 2.94. The summed E-state index contributed by atoms with van der Waals surface area (Å²) in [5.41, 5.74) is 2.98. The van der Waals surface area contributed by atoms with Crippen LogP contribution in [-0.2, 0) is 4.79 Å². The van der Waals surface area contributed by atoms with Crippen molar-refractivity contribution in [3.05, 3.63) is 30.0 Å². The predicted octanol–water partition coefficient (Wildman–Crippen LogP) is 3.20. The Kier molecular flexibility index (Phi) is 4.97. The summed E-state index contributed by atoms with van der Waals surface area (Å²) in [5.74, 6) is 0.538. The van der Waals surface area contributed by atoms with E-state index in [0.717, 1.165) is 35.1 Å². The van der Waals surface area contributed by atoms with Gasteiger partial charge in [-0.1, -0.05) is 0 Å². The van der Waals surface area contributed by atoms with Gasteiger partial charge >= 0.3 is 6.03 Å². The van der Waals surface area contributed by atoms with Crippen molar-refractivity contribution in [3.8, 4) is 0 Å². The number of carbonyl (C=O) groups excluding carboxylic acids is 2. The molecular weight excluding hydrogens is 316 g/mol. The number of hydrogen-bond acceptors (Lipinski definition) is 2. The summed E-state index contributed by atoms with van der Waals surface area (Å²) in [7, 11) is 3.57. The Morgan fingerprint density at radius 1 is 1.24 bits per heavy atom. The van der Waals surface area contributed by atoms with Gasteiger partial charge in [0.05, 0.1) is 0 Å². The number of aromatic nitrogens is 1. The summed E-state index contributed by atoms with van der Waals surface area (Å²) in [6.45, 7) is 3.41. The molecule has 1 saturated heterocycles. The van der Waals surface area contributed by atoms with Crippen LogP contribution in [0.15, 0.2) is 24.3 Å². The highest BCUT2D eigenvalue weighted by Crippen LogP contribution is 2.23. The number of nitrogens with one attached hydrogen (secondary N) is 2. The molecule has 0 unspecified atom stereocenters. The molecule has 1 aliphatic heterocycles. The van der Waals surface area contributed by atoms with Gasteiger partial charge in [0.25, 0.3) is 0 Å². The third-order valence-electron chi connectivity index (χ3n) is 4.87. The van der Waals surface area contributed by atoms with Gasteiger partial charge < -0.3 is 20.1 Å². The van der Waals surface area contributed by atoms with Gasteiger partial charge in [-0.25, -0.2) is 4.79 Å². The highest BCUT2D eigenvalue weighted by molar-refractivity contribution is 5.93. The fourth-order valence-electron chi connectivity index (χ4n) is 3.33. The predicted molar refractivity (Wildman–Crippen MR) is 99.7 cm³/mol. The van der Waals surface area contributed by atoms with Gasteiger partial charge in [-0.15, -0.1) is 0 Å². The summed E-state index contributed by atoms with van der Waals surface area (Å²) in [6, 6.07) is 7.89. The number of benzene rings is 1. The first-order valence-electron chi connectivity index (χ1n) is 8.78. The van der Waals surface area contributed by atoms with Gasteiger partial charge in [-0.05, 0) is 49.9 Å². The van der Waals surface area contributed by atoms with Crippen LogP contribution in [0.2, 0.25) is 0 Å². The van der Waals surface area contributed by atoms with E-state index < -0.39 is 0 Å². The first-order valence-corrected chi connectivity index (χ1v) is 8.78. The number of aryl methyl sites for hydroxylation is 1. The molecule has 6 heteroatoms. The fourth-order valence-corrected chi connectivity index (χ4v) is 3.33. The quantitative estimate of drug-likeness (QED) is 0.899. The van der Waals surface area contributed by atoms with Gasteiger partial charge in [0.1, 0.15) is 0 Å². The third-order valence-corrected chi connectivity index (χ3v) is 4.87. The standard InChI is InChI=1S/C19H26N4O2/c1-13-10-15-12-16(4-5-17(15)20-13)21-19(25)23-8-6-14(7-9-23)11-18(24)22(2)3/h4-5,10,12,14,20H,6-9,11H2,1-3H3,(H,21,25). The van der Waals surface area contributed by atoms with Crippen molar-refractivity contribution in [3.63, 3.8) is 0 Å². The number of fused-ring (bicyclic) bond motifs is 1. The van der Waals surface area contributed by atoms with Crippen molar-refractivity contribution in [2.75, 3.05) is 32.5 Å². The van der Waals surface area contributed by atoms with Crippen LogP contribution in [0.5, 0.6) is 0 Å². The molecule has 6 nitrogen and oxygen atoms in total. The molecule has 1 aromatic heterocycles. The maximum atomic E-state index is 12.5. The summed E-state index contributed by atoms with van der Waals surface area (Å²) in [6.07, 6.45) is 2.33. The summed E-state index contributed by atoms with van der Waals surface area (Å²) in [5, 5.41) is 4.08. The highest BCUT2D eigenvalue weighted by Gasteiger charge is 2.25. The van der Waals surface area contributed by atoms with Crippen LogP contribution in [0.1, 0.15) is 25.0 Å². The number of amides is 3. The van der Waals surface area contributed by atoms with Gasteiger partial charge in [-0.2, -0.15) is 0 Å². The van der Waals surface area contributed by atoms with Crippen LogP contribution < -0.4 is 5.32 Å². The molecule has 3 amide bonds. The van der Waals surface area contributed by atoms with E-state index in [1.807, 2.05) is 30.0 Å². The number of nitrogens with zero attached hydrogens (tertiary/aromatic N) is 2. The number of anilines is 1. The van der Waals surface area contributed by atoms with Gasteiger partial charge in [0.15, 0.2) is 0 Å². The van der Waals surface area contributed by atoms with Gasteiger partial charge in [-0.3, -0.25) is 4.79 Å². The molecule has 134 valence electrons. The Labute approximate surface area is 148 Å². The molecule has 0 radical (unpaired) electrons. The lowest BCUT2D eigenvalue weighted by atomic mass is 9.93. The van der Waals surface area contributed by atoms with Crippen LogP contribution in [0.25, 0.3) is 10.9 Å². The van der Waals surface area contributed by atoms with E-state index >= 15 is 0 Å². The molecule has 0 bridgehead atoms. The van der Waals surface area contributed by atoms with E-state index in [-0.39, 0.29) is 11.9 Å². The molecule has 2 N–H and O–H groups in total. The first-order chi connectivity index (χ1) is 11.9. The molecule has 1 aliphatic rings. The molecule has 0 saturated carbocycles. The Hall–Kier alpha value is -2.50. The number of rotatable bonds is 3. The molecule has 0 atom stereocenters. The van der Waals surface area contributed by atoms with Crippen LogP contribution in [-0.4, -0.2) is 53.9 Å². The second-order valence-electron chi connectivity index (χ2n) is 7.11. The SMILES string of the molecule is Cc1cc2cc(NC(=O)N3CCC(CC(=O)N(C)C)CC3)ccc2[nH]1. The number of urea groups is 1. The molecule has 0 aliphatic carbocycles. The second kappa shape index (κ2) is 7.17. The van der Waals surface area contributed by atoms with Crippen molar-refractivity contribution in [2.45, 2.75) is 26.2 Å². The number of aromatic amines is 1. The van der Waals surface area contributed by atoms with Crippen LogP contribution in [0.3, 0.4) is 0 Å². The zero-order chi connectivity index (χ0) is 18.0. The largest absolute Gasteiger partial charge is 0.359 e. The minimum Gasteiger partial charge on any atom is -0.359 e. The van der Waals surface area contributed by atoms with E-state index in [1.54, 1.807) is 19.0 Å². The summed E-state index contributed by atoms with van der Waals surface area (Å²) >= 11 is 0. The molecule has 3 rings (SSSR count). The van der Waals surface area contributed by atoms with Gasteiger partial charge in [0, 0.05) is 55.9 Å². The van der Waals surface area contributed by atoms with Crippen molar-refractivity contribution in [1.82, 2.24) is 14.8 Å². The maximum Gasteiger partial charge on any atom is 0.321 e. The number of carbonyl (C=O) groups is 2. The summed E-state index contributed by atoms with van der Waals surface area (Å²) in [4.78, 5) is 31.0. The second-order valence-corrected chi connectivity index (χ2v) is 7.11. The molecular formula is C19H26N4O2. The molecule has 1 aromatic carbocycles. The Morgan fingerprint density at radius 3 is 2.64 bits per heavy atom. The fraction of sp³-hybridized carbons (Fsp3) is 0.474. The van der Waals surface area contributed by atoms with E-state index in [9.17, 15) is 9.59 Å². The number of piperidine rings is 1. The minimum absolute atomic E-state index is 0.0657. The van der Waals surface area contributed by atoms with Gasteiger partial charge in [0.2, 0.25) is 5.91 Å². The molecule has 2 aromatic rings. The smallest absolute Gasteiger partial charge is 0.321 e. The Bertz CT molecular complexity index is 773. The van der Waals surface area contributed by atoms with Crippen LogP contribution in [0.4, 0.5) is 10.5 Å². The lowest BCUT2D eigenvalue weighted by Crippen LogP contribution is -2.41. The molecule has 0 spiro atoms. The van der Waals surface area contributed by atoms with Crippen LogP contribution in [0, 0.1) is 12.8 Å². The number of H-pyrrole nitrogens is 1. The number of likely N-dealkylation sites (tertiary alicyclic amines) is 1. The minimum atomic E-state index is -0.0657. The zero-order valence-electron chi connectivity index (χ0n) is 15.1. The number of hydrogen-bond donors (Lipinski definition) is 2. The average molecular weight is 342 g/mol. The highest BCUT2D eigenvalue weighted by atomic mass is 16.2. The molecule has 1 fully saturated rings. The van der Waals surface area contributed by atoms with E-state index in [1.165, 1.54) is 0 Å². The van der Waals surface area contributed by atoms with Crippen molar-refractivity contribution in [1.29, 1.82) is 0 Å². The first kappa shape index (κ1) is 17.3. The lowest BCUT2D eigenvalue weighted by molar-refractivity contribution is -0.129. The maximum absolute atomic E-state index is 12.5. The van der Waals surface area contributed by atoms with Crippen molar-refractivity contribution >= 4 is 28.5 Å². The Balaban J connectivity index is 1.54. The van der Waals surface area contributed by atoms with E-state index in [2.05, 4.69) is 16.4 Å². The normalized spacial score (nSPS) is 15.4. The lowest BCUT2D eigenvalue weighted by Gasteiger charge is -2.32. The molecule has 25 heavy (non-hydrogen) atoms. The summed E-state index contributed by atoms with van der Waals surface area (Å²) < 4.78 is 0. The van der Waals surface area contributed by atoms with Crippen molar-refractivity contribution < 1.29 is 9.59 Å². The van der Waals surface area contributed by atoms with Crippen molar-refractivity contribution in [2.24, 2.45) is 5.92 Å². The Morgan fingerprint density at radius 2 is 1.96 bits per heavy atom. The van der Waals surface area contributed by atoms with E-state index in [4.69, 9.17) is 0 Å². The monoisotopic (exact) mass is 342 g/mol. The van der Waals surface area contributed by atoms with Crippen LogP contribution >= 0.6 is 0 Å². The topological polar surface area (TPSA) is 68.4 Å². The third kappa shape index (κ3) is 4.13.